The molecule has 1 unspecified atom stereocenters. The van der Waals surface area contributed by atoms with Crippen molar-refractivity contribution >= 4 is 5.97 Å². The number of unbranched alkanes of at least 4 members (excludes halogenated alkanes) is 2. The summed E-state index contributed by atoms with van der Waals surface area (Å²) >= 11 is 0. The maximum absolute atomic E-state index is 10.4. The van der Waals surface area contributed by atoms with Gasteiger partial charge in [0.15, 0.2) is 0 Å². The normalized spacial score (nSPS) is 14.1. The molecule has 0 bridgehead atoms. The van der Waals surface area contributed by atoms with Gasteiger partial charge in [-0.3, -0.25) is 4.79 Å². The number of aliphatic carboxylic acids is 1. The first kappa shape index (κ1) is 13.2. The largest absolute Gasteiger partial charge is 0.481 e. The molecule has 0 aromatic carbocycles. The van der Waals surface area contributed by atoms with E-state index in [-0.39, 0.29) is 12.3 Å². The molecule has 0 saturated heterocycles. The fraction of sp³-hybridized carbons (Fsp3) is 0.750. The van der Waals surface area contributed by atoms with Crippen LogP contribution in [0.25, 0.3) is 0 Å². The molecule has 0 saturated carbocycles. The van der Waals surface area contributed by atoms with Crippen LogP contribution in [0, 0.1) is 5.92 Å². The molecule has 0 spiro atoms. The van der Waals surface area contributed by atoms with Crippen molar-refractivity contribution in [3.63, 3.8) is 0 Å². The van der Waals surface area contributed by atoms with E-state index in [2.05, 4.69) is 19.9 Å². The van der Waals surface area contributed by atoms with Crippen LogP contribution >= 0.6 is 0 Å². The van der Waals surface area contributed by atoms with Gasteiger partial charge in [-0.15, -0.1) is 0 Å². The Kier molecular flexibility index (Phi) is 7.17. The standard InChI is InChI=1S/C12H22O2/c1-4-5-6-7-10(2)8-11(3)9-12(13)14/h7,11H,4-6,8-9H2,1-3H3,(H,13,14)/b10-7+. The van der Waals surface area contributed by atoms with Crippen molar-refractivity contribution in [2.45, 2.75) is 52.9 Å². The van der Waals surface area contributed by atoms with Crippen molar-refractivity contribution in [2.75, 3.05) is 0 Å². The summed E-state index contributed by atoms with van der Waals surface area (Å²) in [6.07, 6.45) is 7.00. The zero-order valence-corrected chi connectivity index (χ0v) is 9.55. The summed E-state index contributed by atoms with van der Waals surface area (Å²) in [6, 6.07) is 0. The fourth-order valence-electron chi connectivity index (χ4n) is 1.56. The molecule has 1 N–H and O–H groups in total. The van der Waals surface area contributed by atoms with Gasteiger partial charge in [-0.25, -0.2) is 0 Å². The summed E-state index contributed by atoms with van der Waals surface area (Å²) in [6.45, 7) is 6.26. The van der Waals surface area contributed by atoms with E-state index in [4.69, 9.17) is 5.11 Å². The SMILES string of the molecule is CCCC/C=C(\C)CC(C)CC(=O)O. The number of carbonyl (C=O) groups is 1. The Labute approximate surface area is 87.0 Å². The van der Waals surface area contributed by atoms with Crippen molar-refractivity contribution in [3.8, 4) is 0 Å². The van der Waals surface area contributed by atoms with Gasteiger partial charge in [-0.2, -0.15) is 0 Å². The second kappa shape index (κ2) is 7.60. The monoisotopic (exact) mass is 198 g/mol. The molecule has 0 aliphatic rings. The van der Waals surface area contributed by atoms with E-state index in [0.717, 1.165) is 12.8 Å². The summed E-state index contributed by atoms with van der Waals surface area (Å²) in [7, 11) is 0. The molecule has 2 nitrogen and oxygen atoms in total. The zero-order valence-electron chi connectivity index (χ0n) is 9.55. The van der Waals surface area contributed by atoms with Gasteiger partial charge in [-0.05, 0) is 25.7 Å². The van der Waals surface area contributed by atoms with Gasteiger partial charge < -0.3 is 5.11 Å². The van der Waals surface area contributed by atoms with Crippen LogP contribution in [-0.2, 0) is 4.79 Å². The lowest BCUT2D eigenvalue weighted by atomic mass is 9.98. The van der Waals surface area contributed by atoms with E-state index in [0.29, 0.717) is 0 Å². The molecule has 14 heavy (non-hydrogen) atoms. The van der Waals surface area contributed by atoms with Crippen molar-refractivity contribution in [2.24, 2.45) is 5.92 Å². The highest BCUT2D eigenvalue weighted by molar-refractivity contribution is 5.66. The van der Waals surface area contributed by atoms with Gasteiger partial charge in [-0.1, -0.05) is 38.3 Å². The summed E-state index contributed by atoms with van der Waals surface area (Å²) in [5.41, 5.74) is 1.33. The molecule has 0 fully saturated rings. The van der Waals surface area contributed by atoms with Crippen LogP contribution < -0.4 is 0 Å². The molecule has 1 atom stereocenters. The Hall–Kier alpha value is -0.790. The number of rotatable bonds is 7. The average Bonchev–Trinajstić information content (AvgIpc) is 2.02. The van der Waals surface area contributed by atoms with Crippen LogP contribution in [0.4, 0.5) is 0 Å². The maximum atomic E-state index is 10.4. The van der Waals surface area contributed by atoms with Crippen LogP contribution in [0.1, 0.15) is 52.9 Å². The van der Waals surface area contributed by atoms with Crippen LogP contribution in [0.3, 0.4) is 0 Å². The number of carboxylic acid groups (broad SMARTS) is 1. The van der Waals surface area contributed by atoms with Crippen molar-refractivity contribution < 1.29 is 9.90 Å². The maximum Gasteiger partial charge on any atom is 0.303 e. The predicted molar refractivity (Wildman–Crippen MR) is 59.3 cm³/mol. The van der Waals surface area contributed by atoms with Gasteiger partial charge >= 0.3 is 5.97 Å². The molecule has 0 heterocycles. The Balaban J connectivity index is 3.74. The molecule has 0 aliphatic carbocycles. The third kappa shape index (κ3) is 7.84. The Morgan fingerprint density at radius 1 is 1.43 bits per heavy atom. The van der Waals surface area contributed by atoms with E-state index >= 15 is 0 Å². The van der Waals surface area contributed by atoms with Gasteiger partial charge in [0.1, 0.15) is 0 Å². The summed E-state index contributed by atoms with van der Waals surface area (Å²) in [4.78, 5) is 10.4. The molecule has 0 rings (SSSR count). The molecule has 0 aromatic heterocycles. The molecule has 0 amide bonds. The summed E-state index contributed by atoms with van der Waals surface area (Å²) in [5.74, 6) is -0.441. The Bertz CT molecular complexity index is 194. The summed E-state index contributed by atoms with van der Waals surface area (Å²) < 4.78 is 0. The van der Waals surface area contributed by atoms with Crippen molar-refractivity contribution in [3.05, 3.63) is 11.6 Å². The first-order valence-electron chi connectivity index (χ1n) is 5.43. The number of hydrogen-bond acceptors (Lipinski definition) is 1. The van der Waals surface area contributed by atoms with Crippen LogP contribution in [0.2, 0.25) is 0 Å². The van der Waals surface area contributed by atoms with Crippen LogP contribution in [0.5, 0.6) is 0 Å². The number of carboxylic acids is 1. The summed E-state index contributed by atoms with van der Waals surface area (Å²) in [5, 5.41) is 8.59. The van der Waals surface area contributed by atoms with Gasteiger partial charge in [0, 0.05) is 6.42 Å². The predicted octanol–water partition coefficient (Wildman–Crippen LogP) is 3.62. The third-order valence-electron chi connectivity index (χ3n) is 2.24. The smallest absolute Gasteiger partial charge is 0.303 e. The third-order valence-corrected chi connectivity index (χ3v) is 2.24. The van der Waals surface area contributed by atoms with E-state index < -0.39 is 5.97 Å². The van der Waals surface area contributed by atoms with Crippen molar-refractivity contribution in [1.29, 1.82) is 0 Å². The second-order valence-electron chi connectivity index (χ2n) is 4.10. The minimum atomic E-state index is -0.696. The Morgan fingerprint density at radius 2 is 2.07 bits per heavy atom. The molecule has 2 heteroatoms. The highest BCUT2D eigenvalue weighted by Gasteiger charge is 2.07. The lowest BCUT2D eigenvalue weighted by Crippen LogP contribution is -2.04. The number of hydrogen-bond donors (Lipinski definition) is 1. The first-order chi connectivity index (χ1) is 6.56. The minimum absolute atomic E-state index is 0.255. The highest BCUT2D eigenvalue weighted by atomic mass is 16.4. The van der Waals surface area contributed by atoms with E-state index in [1.54, 1.807) is 0 Å². The first-order valence-corrected chi connectivity index (χ1v) is 5.43. The van der Waals surface area contributed by atoms with Crippen LogP contribution in [-0.4, -0.2) is 11.1 Å². The van der Waals surface area contributed by atoms with Gasteiger partial charge in [0.2, 0.25) is 0 Å². The lowest BCUT2D eigenvalue weighted by molar-refractivity contribution is -0.137. The highest BCUT2D eigenvalue weighted by Crippen LogP contribution is 2.15. The molecular formula is C12H22O2. The molecule has 0 radical (unpaired) electrons. The van der Waals surface area contributed by atoms with E-state index in [9.17, 15) is 4.79 Å². The van der Waals surface area contributed by atoms with Crippen LogP contribution in [0.15, 0.2) is 11.6 Å². The Morgan fingerprint density at radius 3 is 2.57 bits per heavy atom. The molecule has 0 aliphatic heterocycles. The molecule has 82 valence electrons. The topological polar surface area (TPSA) is 37.3 Å². The van der Waals surface area contributed by atoms with Crippen molar-refractivity contribution in [1.82, 2.24) is 0 Å². The van der Waals surface area contributed by atoms with Gasteiger partial charge in [0.25, 0.3) is 0 Å². The lowest BCUT2D eigenvalue weighted by Gasteiger charge is -2.08. The van der Waals surface area contributed by atoms with E-state index in [1.807, 2.05) is 6.92 Å². The second-order valence-corrected chi connectivity index (χ2v) is 4.10. The van der Waals surface area contributed by atoms with Gasteiger partial charge in [0.05, 0.1) is 0 Å². The number of allylic oxidation sites excluding steroid dienone is 2. The zero-order chi connectivity index (χ0) is 11.0. The quantitative estimate of drug-likeness (QED) is 0.501. The molecular weight excluding hydrogens is 176 g/mol. The fourth-order valence-corrected chi connectivity index (χ4v) is 1.56. The molecule has 0 aromatic rings. The average molecular weight is 198 g/mol. The minimum Gasteiger partial charge on any atom is -0.481 e. The van der Waals surface area contributed by atoms with E-state index in [1.165, 1.54) is 18.4 Å².